The Morgan fingerprint density at radius 3 is 2.58 bits per heavy atom. The Morgan fingerprint density at radius 1 is 1.04 bits per heavy atom. The van der Waals surface area contributed by atoms with Gasteiger partial charge >= 0.3 is 17.8 Å². The normalized spacial score (nSPS) is 17.5. The van der Waals surface area contributed by atoms with Gasteiger partial charge in [0.15, 0.2) is 0 Å². The minimum atomic E-state index is -1.07. The molecule has 124 valence electrons. The number of hydrogen-bond donors (Lipinski definition) is 2. The van der Waals surface area contributed by atoms with Crippen molar-refractivity contribution in [3.63, 3.8) is 0 Å². The van der Waals surface area contributed by atoms with Crippen LogP contribution < -0.4 is 5.32 Å². The Kier molecular flexibility index (Phi) is 4.46. The number of likely N-dealkylation sites (tertiary alicyclic amines) is 1. The van der Waals surface area contributed by atoms with Crippen molar-refractivity contribution in [2.45, 2.75) is 25.3 Å². The summed E-state index contributed by atoms with van der Waals surface area (Å²) in [6.07, 6.45) is 1.82. The van der Waals surface area contributed by atoms with Crippen molar-refractivity contribution in [1.82, 2.24) is 4.90 Å². The number of carboxylic acids is 1. The van der Waals surface area contributed by atoms with Gasteiger partial charge in [-0.3, -0.25) is 9.59 Å². The second-order valence-electron chi connectivity index (χ2n) is 5.83. The van der Waals surface area contributed by atoms with Gasteiger partial charge in [-0.15, -0.1) is 0 Å². The smallest absolute Gasteiger partial charge is 0.326 e. The fourth-order valence-corrected chi connectivity index (χ4v) is 3.07. The van der Waals surface area contributed by atoms with Crippen molar-refractivity contribution in [2.24, 2.45) is 0 Å². The molecule has 1 aliphatic rings. The molecule has 2 amide bonds. The first kappa shape index (κ1) is 16.0. The molecule has 0 aromatic heterocycles. The zero-order valence-electron chi connectivity index (χ0n) is 13.1. The molecule has 6 heteroatoms. The van der Waals surface area contributed by atoms with Gasteiger partial charge in [-0.25, -0.2) is 4.79 Å². The fraction of sp³-hybridized carbons (Fsp3) is 0.278. The molecule has 0 spiro atoms. The summed E-state index contributed by atoms with van der Waals surface area (Å²) in [6, 6.07) is 12.0. The zero-order valence-corrected chi connectivity index (χ0v) is 13.1. The Balaban J connectivity index is 1.81. The molecule has 24 heavy (non-hydrogen) atoms. The van der Waals surface area contributed by atoms with Crippen LogP contribution in [0.1, 0.15) is 19.3 Å². The van der Waals surface area contributed by atoms with E-state index in [1.807, 2.05) is 30.3 Å². The van der Waals surface area contributed by atoms with Gasteiger partial charge in [0.1, 0.15) is 6.04 Å². The van der Waals surface area contributed by atoms with Gasteiger partial charge in [0.05, 0.1) is 0 Å². The highest BCUT2D eigenvalue weighted by molar-refractivity contribution is 6.40. The topological polar surface area (TPSA) is 86.7 Å². The predicted molar refractivity (Wildman–Crippen MR) is 89.6 cm³/mol. The van der Waals surface area contributed by atoms with Crippen LogP contribution in [-0.4, -0.2) is 40.4 Å². The Morgan fingerprint density at radius 2 is 1.79 bits per heavy atom. The Bertz CT molecular complexity index is 797. The van der Waals surface area contributed by atoms with Crippen molar-refractivity contribution in [3.05, 3.63) is 42.5 Å². The number of carbonyl (C=O) groups is 3. The van der Waals surface area contributed by atoms with Gasteiger partial charge in [0.25, 0.3) is 0 Å². The highest BCUT2D eigenvalue weighted by Gasteiger charge is 2.35. The van der Waals surface area contributed by atoms with Gasteiger partial charge < -0.3 is 15.3 Å². The van der Waals surface area contributed by atoms with E-state index < -0.39 is 23.8 Å². The molecule has 1 heterocycles. The van der Waals surface area contributed by atoms with Crippen LogP contribution in [0.15, 0.2) is 42.5 Å². The molecular weight excluding hydrogens is 308 g/mol. The van der Waals surface area contributed by atoms with E-state index in [9.17, 15) is 19.5 Å². The lowest BCUT2D eigenvalue weighted by atomic mass is 10.0. The molecule has 1 saturated heterocycles. The van der Waals surface area contributed by atoms with Gasteiger partial charge in [0, 0.05) is 17.6 Å². The minimum absolute atomic E-state index is 0.290. The van der Waals surface area contributed by atoms with Crippen LogP contribution in [0.5, 0.6) is 0 Å². The number of aliphatic carboxylic acids is 1. The van der Waals surface area contributed by atoms with Crippen LogP contribution in [0, 0.1) is 0 Å². The fourth-order valence-electron chi connectivity index (χ4n) is 3.07. The summed E-state index contributed by atoms with van der Waals surface area (Å²) in [7, 11) is 0. The molecule has 0 unspecified atom stereocenters. The molecule has 2 aromatic carbocycles. The molecule has 3 rings (SSSR count). The first-order chi connectivity index (χ1) is 11.6. The van der Waals surface area contributed by atoms with E-state index in [-0.39, 0.29) is 0 Å². The number of fused-ring (bicyclic) bond motifs is 1. The summed E-state index contributed by atoms with van der Waals surface area (Å²) < 4.78 is 0. The van der Waals surface area contributed by atoms with E-state index in [2.05, 4.69) is 5.32 Å². The number of nitrogens with zero attached hydrogens (tertiary/aromatic N) is 1. The number of anilines is 1. The first-order valence-corrected chi connectivity index (χ1v) is 7.90. The lowest BCUT2D eigenvalue weighted by molar-refractivity contribution is -0.154. The molecule has 0 aliphatic carbocycles. The summed E-state index contributed by atoms with van der Waals surface area (Å²) in [6.45, 7) is 0.290. The van der Waals surface area contributed by atoms with Crippen molar-refractivity contribution in [2.75, 3.05) is 11.9 Å². The molecule has 6 nitrogen and oxygen atoms in total. The van der Waals surface area contributed by atoms with E-state index in [0.717, 1.165) is 22.1 Å². The Labute approximate surface area is 139 Å². The number of piperidine rings is 1. The van der Waals surface area contributed by atoms with Crippen molar-refractivity contribution >= 4 is 34.2 Å². The van der Waals surface area contributed by atoms with Crippen LogP contribution in [0.25, 0.3) is 10.8 Å². The maximum Gasteiger partial charge on any atom is 0.326 e. The van der Waals surface area contributed by atoms with Gasteiger partial charge in [-0.05, 0) is 30.7 Å². The lowest BCUT2D eigenvalue weighted by Crippen LogP contribution is -2.51. The van der Waals surface area contributed by atoms with E-state index in [1.54, 1.807) is 12.1 Å². The second kappa shape index (κ2) is 6.70. The third kappa shape index (κ3) is 3.08. The summed E-state index contributed by atoms with van der Waals surface area (Å²) >= 11 is 0. The molecule has 0 bridgehead atoms. The third-order valence-electron chi connectivity index (χ3n) is 4.28. The average Bonchev–Trinajstić information content (AvgIpc) is 2.61. The number of hydrogen-bond acceptors (Lipinski definition) is 3. The molecule has 2 N–H and O–H groups in total. The lowest BCUT2D eigenvalue weighted by Gasteiger charge is -2.32. The maximum absolute atomic E-state index is 12.4. The van der Waals surface area contributed by atoms with E-state index in [0.29, 0.717) is 25.1 Å². The first-order valence-electron chi connectivity index (χ1n) is 7.90. The van der Waals surface area contributed by atoms with Crippen LogP contribution in [0.4, 0.5) is 5.69 Å². The van der Waals surface area contributed by atoms with Crippen LogP contribution in [0.2, 0.25) is 0 Å². The SMILES string of the molecule is O=C(Nc1cccc2ccccc12)C(=O)N1CCCC[C@H]1C(=O)O. The van der Waals surface area contributed by atoms with Crippen molar-refractivity contribution in [1.29, 1.82) is 0 Å². The standard InChI is InChI=1S/C18H18N2O4/c21-16(17(22)20-11-4-3-10-15(20)18(23)24)19-14-9-5-7-12-6-1-2-8-13(12)14/h1-2,5-9,15H,3-4,10-11H2,(H,19,21)(H,23,24)/t15-/m0/s1. The molecular formula is C18H18N2O4. The number of benzene rings is 2. The highest BCUT2D eigenvalue weighted by Crippen LogP contribution is 2.23. The molecule has 2 aromatic rings. The van der Waals surface area contributed by atoms with Gasteiger partial charge in [-0.1, -0.05) is 36.4 Å². The van der Waals surface area contributed by atoms with Gasteiger partial charge in [0.2, 0.25) is 0 Å². The van der Waals surface area contributed by atoms with Crippen molar-refractivity contribution in [3.8, 4) is 0 Å². The molecule has 1 aliphatic heterocycles. The Hall–Kier alpha value is -2.89. The van der Waals surface area contributed by atoms with Crippen LogP contribution in [0.3, 0.4) is 0 Å². The predicted octanol–water partition coefficient (Wildman–Crippen LogP) is 2.24. The zero-order chi connectivity index (χ0) is 17.1. The minimum Gasteiger partial charge on any atom is -0.480 e. The molecule has 1 atom stereocenters. The largest absolute Gasteiger partial charge is 0.480 e. The quantitative estimate of drug-likeness (QED) is 0.829. The van der Waals surface area contributed by atoms with E-state index in [1.165, 1.54) is 0 Å². The van der Waals surface area contributed by atoms with E-state index in [4.69, 9.17) is 0 Å². The van der Waals surface area contributed by atoms with Gasteiger partial charge in [-0.2, -0.15) is 0 Å². The number of amides is 2. The summed E-state index contributed by atoms with van der Waals surface area (Å²) in [5, 5.41) is 13.6. The molecule has 0 saturated carbocycles. The number of carbonyl (C=O) groups excluding carboxylic acids is 2. The highest BCUT2D eigenvalue weighted by atomic mass is 16.4. The summed E-state index contributed by atoms with van der Waals surface area (Å²) in [4.78, 5) is 37.2. The molecule has 1 fully saturated rings. The third-order valence-corrected chi connectivity index (χ3v) is 4.28. The van der Waals surface area contributed by atoms with E-state index >= 15 is 0 Å². The number of nitrogens with one attached hydrogen (secondary N) is 1. The summed E-state index contributed by atoms with van der Waals surface area (Å²) in [5.41, 5.74) is 0.537. The van der Waals surface area contributed by atoms with Crippen LogP contribution >= 0.6 is 0 Å². The second-order valence-corrected chi connectivity index (χ2v) is 5.83. The number of rotatable bonds is 2. The van der Waals surface area contributed by atoms with Crippen molar-refractivity contribution < 1.29 is 19.5 Å². The number of carboxylic acid groups (broad SMARTS) is 1. The average molecular weight is 326 g/mol. The summed E-state index contributed by atoms with van der Waals surface area (Å²) in [5.74, 6) is -2.67. The monoisotopic (exact) mass is 326 g/mol. The van der Waals surface area contributed by atoms with Crippen LogP contribution in [-0.2, 0) is 14.4 Å². The molecule has 0 radical (unpaired) electrons. The maximum atomic E-state index is 12.4.